The average molecular weight is 282 g/mol. The van der Waals surface area contributed by atoms with Crippen molar-refractivity contribution in [2.24, 2.45) is 0 Å². The Labute approximate surface area is 117 Å². The Morgan fingerprint density at radius 1 is 1.32 bits per heavy atom. The minimum absolute atomic E-state index is 0.0329. The third-order valence-electron chi connectivity index (χ3n) is 2.84. The molecular weight excluding hydrogens is 260 g/mol. The van der Waals surface area contributed by atoms with Crippen molar-refractivity contribution in [3.05, 3.63) is 29.8 Å². The van der Waals surface area contributed by atoms with Crippen molar-refractivity contribution >= 4 is 22.4 Å². The first-order chi connectivity index (χ1) is 9.04. The first-order valence-electron chi connectivity index (χ1n) is 6.49. The summed E-state index contributed by atoms with van der Waals surface area (Å²) >= 11 is 0. The fourth-order valence-corrected chi connectivity index (χ4v) is 1.78. The van der Waals surface area contributed by atoms with E-state index in [-0.39, 0.29) is 11.2 Å². The first kappa shape index (κ1) is 15.7. The lowest BCUT2D eigenvalue weighted by molar-refractivity contribution is 0.0954. The molecule has 4 nitrogen and oxygen atoms in total. The summed E-state index contributed by atoms with van der Waals surface area (Å²) in [4.78, 5) is 11.9. The fourth-order valence-electron chi connectivity index (χ4n) is 1.46. The maximum atomic E-state index is 11.9. The number of hydrogen-bond acceptors (Lipinski definition) is 3. The molecule has 2 atom stereocenters. The minimum Gasteiger partial charge on any atom is -0.385 e. The molecule has 0 saturated carbocycles. The number of rotatable bonds is 7. The van der Waals surface area contributed by atoms with E-state index in [0.29, 0.717) is 12.1 Å². The van der Waals surface area contributed by atoms with Crippen molar-refractivity contribution in [2.45, 2.75) is 25.5 Å². The van der Waals surface area contributed by atoms with Crippen molar-refractivity contribution in [3.8, 4) is 0 Å². The number of benzene rings is 1. The first-order valence-corrected chi connectivity index (χ1v) is 8.11. The number of hydrogen-bond donors (Lipinski definition) is 2. The van der Waals surface area contributed by atoms with Crippen molar-refractivity contribution in [3.63, 3.8) is 0 Å². The van der Waals surface area contributed by atoms with Crippen LogP contribution in [-0.4, -0.2) is 34.7 Å². The SMILES string of the molecule is CCCNc1ccc(C(=O)NCC(C)S(C)=O)cc1. The predicted molar refractivity (Wildman–Crippen MR) is 81.1 cm³/mol. The normalized spacial score (nSPS) is 13.6. The number of carbonyl (C=O) groups is 1. The van der Waals surface area contributed by atoms with E-state index in [2.05, 4.69) is 17.6 Å². The summed E-state index contributed by atoms with van der Waals surface area (Å²) in [5.74, 6) is -0.126. The van der Waals surface area contributed by atoms with Crippen LogP contribution in [0.3, 0.4) is 0 Å². The van der Waals surface area contributed by atoms with E-state index in [9.17, 15) is 9.00 Å². The molecule has 0 aromatic heterocycles. The summed E-state index contributed by atoms with van der Waals surface area (Å²) < 4.78 is 11.2. The maximum Gasteiger partial charge on any atom is 0.251 e. The second-order valence-electron chi connectivity index (χ2n) is 4.52. The molecule has 1 rings (SSSR count). The van der Waals surface area contributed by atoms with Crippen LogP contribution < -0.4 is 10.6 Å². The Bertz CT molecular complexity index is 432. The molecule has 106 valence electrons. The molecule has 0 aliphatic rings. The van der Waals surface area contributed by atoms with Crippen LogP contribution in [0.4, 0.5) is 5.69 Å². The van der Waals surface area contributed by atoms with Gasteiger partial charge in [0.2, 0.25) is 0 Å². The smallest absolute Gasteiger partial charge is 0.251 e. The van der Waals surface area contributed by atoms with E-state index >= 15 is 0 Å². The summed E-state index contributed by atoms with van der Waals surface area (Å²) in [5, 5.41) is 6.01. The molecule has 0 saturated heterocycles. The van der Waals surface area contributed by atoms with Gasteiger partial charge in [0.25, 0.3) is 5.91 Å². The molecule has 19 heavy (non-hydrogen) atoms. The maximum absolute atomic E-state index is 11.9. The van der Waals surface area contributed by atoms with E-state index in [1.807, 2.05) is 19.1 Å². The lowest BCUT2D eigenvalue weighted by Gasteiger charge is -2.10. The molecule has 1 aromatic carbocycles. The molecule has 0 aliphatic heterocycles. The molecule has 5 heteroatoms. The Morgan fingerprint density at radius 3 is 2.47 bits per heavy atom. The van der Waals surface area contributed by atoms with Gasteiger partial charge in [0.1, 0.15) is 0 Å². The predicted octanol–water partition coefficient (Wildman–Crippen LogP) is 2.01. The van der Waals surface area contributed by atoms with Crippen LogP contribution in [0.5, 0.6) is 0 Å². The molecule has 0 radical (unpaired) electrons. The molecule has 1 amide bonds. The van der Waals surface area contributed by atoms with Crippen LogP contribution in [0.1, 0.15) is 30.6 Å². The van der Waals surface area contributed by atoms with Gasteiger partial charge in [-0.25, -0.2) is 0 Å². The number of nitrogens with one attached hydrogen (secondary N) is 2. The van der Waals surface area contributed by atoms with Gasteiger partial charge in [0, 0.05) is 46.6 Å². The average Bonchev–Trinajstić information content (AvgIpc) is 2.42. The Hall–Kier alpha value is -1.36. The van der Waals surface area contributed by atoms with Crippen molar-refractivity contribution < 1.29 is 9.00 Å². The van der Waals surface area contributed by atoms with Crippen LogP contribution in [0, 0.1) is 0 Å². The third kappa shape index (κ3) is 5.42. The summed E-state index contributed by atoms with van der Waals surface area (Å²) in [6.45, 7) is 5.31. The van der Waals surface area contributed by atoms with Crippen LogP contribution in [0.2, 0.25) is 0 Å². The van der Waals surface area contributed by atoms with E-state index in [1.54, 1.807) is 18.4 Å². The van der Waals surface area contributed by atoms with Crippen LogP contribution in [-0.2, 0) is 10.8 Å². The Balaban J connectivity index is 2.51. The molecule has 0 spiro atoms. The quantitative estimate of drug-likeness (QED) is 0.804. The van der Waals surface area contributed by atoms with E-state index in [4.69, 9.17) is 0 Å². The summed E-state index contributed by atoms with van der Waals surface area (Å²) in [6, 6.07) is 7.37. The lowest BCUT2D eigenvalue weighted by atomic mass is 10.2. The molecular formula is C14H22N2O2S. The number of anilines is 1. The molecule has 1 aromatic rings. The standard InChI is InChI=1S/C14H22N2O2S/c1-4-9-15-13-7-5-12(6-8-13)14(17)16-10-11(2)19(3)18/h5-8,11,15H,4,9-10H2,1-3H3,(H,16,17). The molecule has 2 N–H and O–H groups in total. The van der Waals surface area contributed by atoms with Crippen molar-refractivity contribution in [2.75, 3.05) is 24.7 Å². The molecule has 0 bridgehead atoms. The zero-order chi connectivity index (χ0) is 14.3. The highest BCUT2D eigenvalue weighted by Crippen LogP contribution is 2.09. The fraction of sp³-hybridized carbons (Fsp3) is 0.500. The van der Waals surface area contributed by atoms with Gasteiger partial charge < -0.3 is 10.6 Å². The number of carbonyl (C=O) groups excluding carboxylic acids is 1. The zero-order valence-corrected chi connectivity index (χ0v) is 12.5. The third-order valence-corrected chi connectivity index (χ3v) is 4.14. The largest absolute Gasteiger partial charge is 0.385 e. The number of amides is 1. The molecule has 0 heterocycles. The highest BCUT2D eigenvalue weighted by molar-refractivity contribution is 7.84. The topological polar surface area (TPSA) is 58.2 Å². The van der Waals surface area contributed by atoms with Crippen molar-refractivity contribution in [1.82, 2.24) is 5.32 Å². The van der Waals surface area contributed by atoms with Gasteiger partial charge in [-0.3, -0.25) is 9.00 Å². The van der Waals surface area contributed by atoms with Gasteiger partial charge in [-0.15, -0.1) is 0 Å². The van der Waals surface area contributed by atoms with Gasteiger partial charge in [-0.05, 0) is 37.6 Å². The Morgan fingerprint density at radius 2 is 1.95 bits per heavy atom. The second-order valence-corrected chi connectivity index (χ2v) is 6.33. The van der Waals surface area contributed by atoms with Crippen LogP contribution in [0.15, 0.2) is 24.3 Å². The summed E-state index contributed by atoms with van der Waals surface area (Å²) in [7, 11) is -0.915. The summed E-state index contributed by atoms with van der Waals surface area (Å²) in [5.41, 5.74) is 1.64. The Kier molecular flexibility index (Phi) is 6.56. The van der Waals surface area contributed by atoms with E-state index in [0.717, 1.165) is 18.7 Å². The zero-order valence-electron chi connectivity index (χ0n) is 11.7. The van der Waals surface area contributed by atoms with Crippen LogP contribution in [0.25, 0.3) is 0 Å². The minimum atomic E-state index is -0.915. The van der Waals surface area contributed by atoms with Gasteiger partial charge in [-0.2, -0.15) is 0 Å². The summed E-state index contributed by atoms with van der Waals surface area (Å²) in [6.07, 6.45) is 2.71. The molecule has 2 unspecified atom stereocenters. The monoisotopic (exact) mass is 282 g/mol. The lowest BCUT2D eigenvalue weighted by Crippen LogP contribution is -2.32. The van der Waals surface area contributed by atoms with Gasteiger partial charge in [0.15, 0.2) is 0 Å². The van der Waals surface area contributed by atoms with Gasteiger partial charge >= 0.3 is 0 Å². The van der Waals surface area contributed by atoms with Gasteiger partial charge in [-0.1, -0.05) is 6.92 Å². The van der Waals surface area contributed by atoms with E-state index < -0.39 is 10.8 Å². The van der Waals surface area contributed by atoms with E-state index in [1.165, 1.54) is 0 Å². The molecule has 0 aliphatic carbocycles. The van der Waals surface area contributed by atoms with Gasteiger partial charge in [0.05, 0.1) is 0 Å². The van der Waals surface area contributed by atoms with Crippen molar-refractivity contribution in [1.29, 1.82) is 0 Å². The highest BCUT2D eigenvalue weighted by atomic mass is 32.2. The highest BCUT2D eigenvalue weighted by Gasteiger charge is 2.09. The second kappa shape index (κ2) is 7.94. The molecule has 0 fully saturated rings. The van der Waals surface area contributed by atoms with Crippen LogP contribution >= 0.6 is 0 Å².